The van der Waals surface area contributed by atoms with Gasteiger partial charge >= 0.3 is 0 Å². The lowest BCUT2D eigenvalue weighted by atomic mass is 9.97. The van der Waals surface area contributed by atoms with E-state index in [1.165, 1.54) is 6.42 Å². The smallest absolute Gasteiger partial charge is 0.0591 e. The van der Waals surface area contributed by atoms with E-state index in [9.17, 15) is 5.11 Å². The lowest BCUT2D eigenvalue weighted by Gasteiger charge is -2.17. The Morgan fingerprint density at radius 2 is 1.38 bits per heavy atom. The minimum absolute atomic E-state index is 0.130. The maximum Gasteiger partial charge on any atom is 0.0591 e. The second-order valence-corrected chi connectivity index (χ2v) is 5.89. The molecule has 0 aromatic carbocycles. The maximum atomic E-state index is 9.20. The molecule has 2 nitrogen and oxygen atoms in total. The lowest BCUT2D eigenvalue weighted by molar-refractivity contribution is 0.0686. The molecule has 0 aliphatic rings. The lowest BCUT2D eigenvalue weighted by Crippen LogP contribution is -2.20. The molecule has 100 valence electrons. The Labute approximate surface area is 102 Å². The molecule has 0 amide bonds. The summed E-state index contributed by atoms with van der Waals surface area (Å²) in [5.74, 6) is 0.796. The van der Waals surface area contributed by atoms with Gasteiger partial charge in [-0.15, -0.1) is 0 Å². The van der Waals surface area contributed by atoms with Gasteiger partial charge in [-0.3, -0.25) is 0 Å². The normalized spacial score (nSPS) is 12.0. The molecular formula is C14H32O2. The van der Waals surface area contributed by atoms with Gasteiger partial charge in [-0.1, -0.05) is 47.5 Å². The molecule has 0 saturated heterocycles. The van der Waals surface area contributed by atoms with Crippen LogP contribution in [0.2, 0.25) is 0 Å². The zero-order valence-corrected chi connectivity index (χ0v) is 12.2. The Morgan fingerprint density at radius 1 is 1.00 bits per heavy atom. The van der Waals surface area contributed by atoms with E-state index in [1.807, 2.05) is 41.5 Å². The number of aliphatic hydroxyl groups excluding tert-OH is 1. The van der Waals surface area contributed by atoms with Gasteiger partial charge < -0.3 is 10.2 Å². The highest BCUT2D eigenvalue weighted by Crippen LogP contribution is 2.11. The summed E-state index contributed by atoms with van der Waals surface area (Å²) in [7, 11) is 0. The highest BCUT2D eigenvalue weighted by atomic mass is 16.3. The van der Waals surface area contributed by atoms with E-state index < -0.39 is 5.60 Å². The minimum Gasteiger partial charge on any atom is -0.393 e. The summed E-state index contributed by atoms with van der Waals surface area (Å²) in [6.45, 7) is 14.0. The van der Waals surface area contributed by atoms with E-state index in [0.29, 0.717) is 11.8 Å². The van der Waals surface area contributed by atoms with Gasteiger partial charge in [0.15, 0.2) is 0 Å². The molecule has 0 radical (unpaired) electrons. The third kappa shape index (κ3) is 13.9. The van der Waals surface area contributed by atoms with Crippen molar-refractivity contribution in [1.29, 1.82) is 0 Å². The number of hydrogen-bond acceptors (Lipinski definition) is 2. The van der Waals surface area contributed by atoms with Crippen LogP contribution < -0.4 is 0 Å². The highest BCUT2D eigenvalue weighted by molar-refractivity contribution is 4.63. The summed E-state index contributed by atoms with van der Waals surface area (Å²) < 4.78 is 0. The van der Waals surface area contributed by atoms with Crippen molar-refractivity contribution in [2.75, 3.05) is 0 Å². The molecule has 2 heteroatoms. The topological polar surface area (TPSA) is 40.5 Å². The molecule has 0 aliphatic carbocycles. The molecule has 0 unspecified atom stereocenters. The van der Waals surface area contributed by atoms with E-state index in [-0.39, 0.29) is 6.10 Å². The van der Waals surface area contributed by atoms with Crippen LogP contribution in [0.4, 0.5) is 0 Å². The van der Waals surface area contributed by atoms with Crippen LogP contribution in [0.3, 0.4) is 0 Å². The van der Waals surface area contributed by atoms with E-state index in [1.54, 1.807) is 0 Å². The van der Waals surface area contributed by atoms with Gasteiger partial charge in [0.05, 0.1) is 11.7 Å². The van der Waals surface area contributed by atoms with Crippen LogP contribution in [0, 0.1) is 11.8 Å². The fourth-order valence-electron chi connectivity index (χ4n) is 1.38. The van der Waals surface area contributed by atoms with Gasteiger partial charge in [0.2, 0.25) is 0 Å². The Balaban J connectivity index is 0. The average Bonchev–Trinajstić information content (AvgIpc) is 2.13. The van der Waals surface area contributed by atoms with Gasteiger partial charge in [-0.25, -0.2) is 0 Å². The Hall–Kier alpha value is -0.0800. The third-order valence-corrected chi connectivity index (χ3v) is 2.51. The number of rotatable bonds is 5. The molecule has 0 aromatic rings. The molecule has 0 spiro atoms. The van der Waals surface area contributed by atoms with Crippen LogP contribution in [0.1, 0.15) is 67.7 Å². The SMILES string of the molecule is CC(C)C(O)C(C)C.CCCCC(C)(C)O. The molecule has 0 rings (SSSR count). The van der Waals surface area contributed by atoms with Crippen LogP contribution >= 0.6 is 0 Å². The highest BCUT2D eigenvalue weighted by Gasteiger charge is 2.12. The number of aliphatic hydroxyl groups is 2. The van der Waals surface area contributed by atoms with Crippen LogP contribution in [0.25, 0.3) is 0 Å². The number of hydrogen-bond donors (Lipinski definition) is 2. The first-order valence-electron chi connectivity index (χ1n) is 6.52. The second-order valence-electron chi connectivity index (χ2n) is 5.89. The summed E-state index contributed by atoms with van der Waals surface area (Å²) in [6.07, 6.45) is 3.09. The van der Waals surface area contributed by atoms with Crippen molar-refractivity contribution in [2.45, 2.75) is 79.4 Å². The molecule has 0 aromatic heterocycles. The minimum atomic E-state index is -0.448. The van der Waals surface area contributed by atoms with Gasteiger partial charge in [0, 0.05) is 0 Å². The Morgan fingerprint density at radius 3 is 1.44 bits per heavy atom. The monoisotopic (exact) mass is 232 g/mol. The summed E-state index contributed by atoms with van der Waals surface area (Å²) in [4.78, 5) is 0. The quantitative estimate of drug-likeness (QED) is 0.760. The van der Waals surface area contributed by atoms with Gasteiger partial charge in [-0.2, -0.15) is 0 Å². The molecule has 16 heavy (non-hydrogen) atoms. The fraction of sp³-hybridized carbons (Fsp3) is 1.00. The predicted octanol–water partition coefficient (Wildman–Crippen LogP) is 3.61. The van der Waals surface area contributed by atoms with Crippen LogP contribution in [-0.4, -0.2) is 21.9 Å². The second kappa shape index (κ2) is 9.00. The van der Waals surface area contributed by atoms with Crippen LogP contribution in [0.15, 0.2) is 0 Å². The third-order valence-electron chi connectivity index (χ3n) is 2.51. The summed E-state index contributed by atoms with van der Waals surface area (Å²) in [5, 5.41) is 18.4. The van der Waals surface area contributed by atoms with E-state index >= 15 is 0 Å². The van der Waals surface area contributed by atoms with Gasteiger partial charge in [0.25, 0.3) is 0 Å². The molecule has 0 aliphatic heterocycles. The first-order chi connectivity index (χ1) is 7.11. The van der Waals surface area contributed by atoms with Crippen molar-refractivity contribution < 1.29 is 10.2 Å². The summed E-state index contributed by atoms with van der Waals surface area (Å²) >= 11 is 0. The molecule has 0 fully saturated rings. The van der Waals surface area contributed by atoms with Crippen molar-refractivity contribution in [2.24, 2.45) is 11.8 Å². The first kappa shape index (κ1) is 18.3. The standard InChI is InChI=1S/2C7H16O/c1-5(2)7(8)6(3)4;1-4-5-6-7(2,3)8/h5-8H,1-4H3;8H,4-6H2,1-3H3. The summed E-state index contributed by atoms with van der Waals surface area (Å²) in [6, 6.07) is 0. The first-order valence-corrected chi connectivity index (χ1v) is 6.52. The predicted molar refractivity (Wildman–Crippen MR) is 71.5 cm³/mol. The molecule has 0 bridgehead atoms. The maximum absolute atomic E-state index is 9.20. The fourth-order valence-corrected chi connectivity index (χ4v) is 1.38. The molecule has 2 N–H and O–H groups in total. The van der Waals surface area contributed by atoms with Crippen molar-refractivity contribution in [3.05, 3.63) is 0 Å². The van der Waals surface area contributed by atoms with E-state index in [2.05, 4.69) is 6.92 Å². The van der Waals surface area contributed by atoms with Crippen LogP contribution in [-0.2, 0) is 0 Å². The molecule has 0 heterocycles. The summed E-state index contributed by atoms with van der Waals surface area (Å²) in [5.41, 5.74) is -0.448. The van der Waals surface area contributed by atoms with Gasteiger partial charge in [-0.05, 0) is 32.1 Å². The zero-order chi connectivity index (χ0) is 13.4. The average molecular weight is 232 g/mol. The molecule has 0 atom stereocenters. The van der Waals surface area contributed by atoms with Crippen molar-refractivity contribution >= 4 is 0 Å². The Kier molecular flexibility index (Phi) is 10.3. The van der Waals surface area contributed by atoms with Crippen molar-refractivity contribution in [3.63, 3.8) is 0 Å². The number of unbranched alkanes of at least 4 members (excludes halogenated alkanes) is 1. The van der Waals surface area contributed by atoms with Crippen molar-refractivity contribution in [1.82, 2.24) is 0 Å². The molecule has 0 saturated carbocycles. The van der Waals surface area contributed by atoms with E-state index in [0.717, 1.165) is 12.8 Å². The van der Waals surface area contributed by atoms with Gasteiger partial charge in [0.1, 0.15) is 0 Å². The van der Waals surface area contributed by atoms with Crippen LogP contribution in [0.5, 0.6) is 0 Å². The Bertz CT molecular complexity index is 137. The molecular weight excluding hydrogens is 200 g/mol. The largest absolute Gasteiger partial charge is 0.393 e. The zero-order valence-electron chi connectivity index (χ0n) is 12.2. The van der Waals surface area contributed by atoms with Crippen molar-refractivity contribution in [3.8, 4) is 0 Å². The van der Waals surface area contributed by atoms with E-state index in [4.69, 9.17) is 5.11 Å².